The standard InChI is InChI=1S/C16H17N5O4S/c1-3-20-12(8-10-18-20)11-19(2)26(24,25)15-7-6-14(21(22)23)13-5-4-9-17-16(13)15/h4-10H,3,11H2,1-2H3. The number of fused-ring (bicyclic) bond motifs is 1. The summed E-state index contributed by atoms with van der Waals surface area (Å²) in [4.78, 5) is 14.7. The fourth-order valence-corrected chi connectivity index (χ4v) is 4.04. The molecule has 0 atom stereocenters. The van der Waals surface area contributed by atoms with Crippen LogP contribution in [0.1, 0.15) is 12.6 Å². The minimum atomic E-state index is -3.90. The number of benzene rings is 1. The fourth-order valence-electron chi connectivity index (χ4n) is 2.76. The van der Waals surface area contributed by atoms with Crippen LogP contribution in [0.15, 0.2) is 47.6 Å². The number of hydrogen-bond acceptors (Lipinski definition) is 6. The highest BCUT2D eigenvalue weighted by molar-refractivity contribution is 7.89. The molecule has 0 N–H and O–H groups in total. The van der Waals surface area contributed by atoms with Crippen molar-refractivity contribution in [1.82, 2.24) is 19.1 Å². The van der Waals surface area contributed by atoms with Crippen LogP contribution in [-0.4, -0.2) is 39.5 Å². The lowest BCUT2D eigenvalue weighted by molar-refractivity contribution is -0.383. The van der Waals surface area contributed by atoms with E-state index in [9.17, 15) is 18.5 Å². The molecule has 0 aliphatic heterocycles. The maximum absolute atomic E-state index is 13.0. The molecule has 2 heterocycles. The summed E-state index contributed by atoms with van der Waals surface area (Å²) in [6.07, 6.45) is 3.03. The quantitative estimate of drug-likeness (QED) is 0.482. The van der Waals surface area contributed by atoms with Gasteiger partial charge in [-0.3, -0.25) is 19.8 Å². The average Bonchev–Trinajstić information content (AvgIpc) is 3.07. The monoisotopic (exact) mass is 375 g/mol. The molecular formula is C16H17N5O4S. The molecule has 0 saturated carbocycles. The molecule has 9 nitrogen and oxygen atoms in total. The van der Waals surface area contributed by atoms with Crippen LogP contribution in [0.2, 0.25) is 0 Å². The van der Waals surface area contributed by atoms with Gasteiger partial charge < -0.3 is 0 Å². The Kier molecular flexibility index (Phi) is 4.70. The molecule has 1 aromatic carbocycles. The van der Waals surface area contributed by atoms with Crippen LogP contribution in [0.5, 0.6) is 0 Å². The zero-order chi connectivity index (χ0) is 18.9. The van der Waals surface area contributed by atoms with Crippen LogP contribution >= 0.6 is 0 Å². The van der Waals surface area contributed by atoms with E-state index in [1.54, 1.807) is 16.9 Å². The number of rotatable bonds is 6. The summed E-state index contributed by atoms with van der Waals surface area (Å²) in [5, 5.41) is 15.5. The van der Waals surface area contributed by atoms with Crippen LogP contribution in [0.25, 0.3) is 10.9 Å². The van der Waals surface area contributed by atoms with Gasteiger partial charge in [0, 0.05) is 32.1 Å². The third-order valence-electron chi connectivity index (χ3n) is 4.08. The summed E-state index contributed by atoms with van der Waals surface area (Å²) in [5.74, 6) is 0. The van der Waals surface area contributed by atoms with Crippen molar-refractivity contribution in [2.75, 3.05) is 7.05 Å². The number of aryl methyl sites for hydroxylation is 1. The van der Waals surface area contributed by atoms with Crippen molar-refractivity contribution in [3.63, 3.8) is 0 Å². The number of nitrogens with zero attached hydrogens (tertiary/aromatic N) is 5. The van der Waals surface area contributed by atoms with E-state index in [-0.39, 0.29) is 28.0 Å². The molecule has 0 saturated heterocycles. The molecule has 0 fully saturated rings. The van der Waals surface area contributed by atoms with Gasteiger partial charge in [-0.1, -0.05) is 0 Å². The molecule has 0 aliphatic rings. The minimum absolute atomic E-state index is 0.0660. The molecule has 3 rings (SSSR count). The number of nitro groups is 1. The Bertz CT molecular complexity index is 1080. The van der Waals surface area contributed by atoms with E-state index in [0.29, 0.717) is 6.54 Å². The first-order chi connectivity index (χ1) is 12.4. The Balaban J connectivity index is 2.07. The van der Waals surface area contributed by atoms with E-state index >= 15 is 0 Å². The predicted molar refractivity (Wildman–Crippen MR) is 95.0 cm³/mol. The van der Waals surface area contributed by atoms with Crippen LogP contribution in [-0.2, 0) is 23.1 Å². The van der Waals surface area contributed by atoms with Crippen LogP contribution in [0, 0.1) is 10.1 Å². The van der Waals surface area contributed by atoms with Gasteiger partial charge in [0.15, 0.2) is 0 Å². The highest BCUT2D eigenvalue weighted by atomic mass is 32.2. The van der Waals surface area contributed by atoms with Gasteiger partial charge in [-0.15, -0.1) is 0 Å². The molecule has 3 aromatic rings. The molecule has 0 bridgehead atoms. The molecule has 2 aromatic heterocycles. The van der Waals surface area contributed by atoms with E-state index in [0.717, 1.165) is 5.69 Å². The molecule has 0 amide bonds. The lowest BCUT2D eigenvalue weighted by atomic mass is 10.2. The summed E-state index contributed by atoms with van der Waals surface area (Å²) in [7, 11) is -2.45. The largest absolute Gasteiger partial charge is 0.278 e. The summed E-state index contributed by atoms with van der Waals surface area (Å²) in [6, 6.07) is 7.21. The molecule has 26 heavy (non-hydrogen) atoms. The van der Waals surface area contributed by atoms with Gasteiger partial charge in [-0.05, 0) is 31.2 Å². The maximum atomic E-state index is 13.0. The van der Waals surface area contributed by atoms with E-state index in [1.165, 1.54) is 41.8 Å². The summed E-state index contributed by atoms with van der Waals surface area (Å²) in [5.41, 5.74) is 0.647. The summed E-state index contributed by atoms with van der Waals surface area (Å²) in [6.45, 7) is 2.67. The lowest BCUT2D eigenvalue weighted by Crippen LogP contribution is -2.28. The van der Waals surface area contributed by atoms with Crippen molar-refractivity contribution in [2.45, 2.75) is 24.9 Å². The Morgan fingerprint density at radius 3 is 2.69 bits per heavy atom. The van der Waals surface area contributed by atoms with Crippen LogP contribution in [0.4, 0.5) is 5.69 Å². The third-order valence-corrected chi connectivity index (χ3v) is 5.92. The summed E-state index contributed by atoms with van der Waals surface area (Å²) < 4.78 is 29.0. The SMILES string of the molecule is CCn1nccc1CN(C)S(=O)(=O)c1ccc([N+](=O)[O-])c2cccnc12. The van der Waals surface area contributed by atoms with E-state index < -0.39 is 14.9 Å². The van der Waals surface area contributed by atoms with Crippen LogP contribution < -0.4 is 0 Å². The zero-order valence-corrected chi connectivity index (χ0v) is 15.0. The van der Waals surface area contributed by atoms with Gasteiger partial charge in [0.1, 0.15) is 4.90 Å². The van der Waals surface area contributed by atoms with E-state index in [1.807, 2.05) is 6.92 Å². The van der Waals surface area contributed by atoms with Gasteiger partial charge >= 0.3 is 0 Å². The van der Waals surface area contributed by atoms with Crippen molar-refractivity contribution in [3.8, 4) is 0 Å². The first-order valence-corrected chi connectivity index (χ1v) is 9.29. The van der Waals surface area contributed by atoms with Crippen molar-refractivity contribution in [1.29, 1.82) is 0 Å². The van der Waals surface area contributed by atoms with Gasteiger partial charge in [0.25, 0.3) is 5.69 Å². The maximum Gasteiger partial charge on any atom is 0.278 e. The second kappa shape index (κ2) is 6.81. The predicted octanol–water partition coefficient (Wildman–Crippen LogP) is 2.18. The fraction of sp³-hybridized carbons (Fsp3) is 0.250. The van der Waals surface area contributed by atoms with Crippen molar-refractivity contribution >= 4 is 26.6 Å². The van der Waals surface area contributed by atoms with Crippen molar-refractivity contribution in [3.05, 3.63) is 58.5 Å². The van der Waals surface area contributed by atoms with E-state index in [4.69, 9.17) is 0 Å². The first-order valence-electron chi connectivity index (χ1n) is 7.85. The number of nitro benzene ring substituents is 1. The molecule has 10 heteroatoms. The number of pyridine rings is 1. The number of hydrogen-bond donors (Lipinski definition) is 0. The third kappa shape index (κ3) is 3.04. The van der Waals surface area contributed by atoms with Gasteiger partial charge in [0.2, 0.25) is 10.0 Å². The second-order valence-electron chi connectivity index (χ2n) is 5.64. The number of non-ortho nitro benzene ring substituents is 1. The second-order valence-corrected chi connectivity index (χ2v) is 7.65. The molecule has 0 aliphatic carbocycles. The average molecular weight is 375 g/mol. The lowest BCUT2D eigenvalue weighted by Gasteiger charge is -2.18. The van der Waals surface area contributed by atoms with Gasteiger partial charge in [-0.25, -0.2) is 8.42 Å². The molecular weight excluding hydrogens is 358 g/mol. The van der Waals surface area contributed by atoms with Crippen molar-refractivity contribution < 1.29 is 13.3 Å². The Hall–Kier alpha value is -2.85. The Labute approximate surface area is 150 Å². The highest BCUT2D eigenvalue weighted by Crippen LogP contribution is 2.30. The zero-order valence-electron chi connectivity index (χ0n) is 14.2. The molecule has 0 unspecified atom stereocenters. The van der Waals surface area contributed by atoms with Crippen molar-refractivity contribution in [2.24, 2.45) is 0 Å². The van der Waals surface area contributed by atoms with Gasteiger partial charge in [0.05, 0.1) is 28.1 Å². The molecule has 136 valence electrons. The normalized spacial score (nSPS) is 12.0. The highest BCUT2D eigenvalue weighted by Gasteiger charge is 2.27. The van der Waals surface area contributed by atoms with E-state index in [2.05, 4.69) is 10.1 Å². The first kappa shape index (κ1) is 18.0. The minimum Gasteiger partial charge on any atom is -0.269 e. The van der Waals surface area contributed by atoms with Gasteiger partial charge in [-0.2, -0.15) is 9.40 Å². The summed E-state index contributed by atoms with van der Waals surface area (Å²) >= 11 is 0. The number of aromatic nitrogens is 3. The van der Waals surface area contributed by atoms with Crippen LogP contribution in [0.3, 0.4) is 0 Å². The molecule has 0 radical (unpaired) electrons. The number of sulfonamides is 1. The topological polar surface area (TPSA) is 111 Å². The molecule has 0 spiro atoms. The smallest absolute Gasteiger partial charge is 0.269 e. The Morgan fingerprint density at radius 1 is 1.23 bits per heavy atom. The Morgan fingerprint density at radius 2 is 2.00 bits per heavy atom.